The minimum Gasteiger partial charge on any atom is -0.350 e. The molecule has 0 radical (unpaired) electrons. The normalized spacial score (nSPS) is 12.4. The highest BCUT2D eigenvalue weighted by Crippen LogP contribution is 2.20. The molecule has 18 heavy (non-hydrogen) atoms. The molecule has 1 aromatic heterocycles. The van der Waals surface area contributed by atoms with Crippen LogP contribution in [0.5, 0.6) is 0 Å². The van der Waals surface area contributed by atoms with Crippen molar-refractivity contribution in [3.63, 3.8) is 0 Å². The van der Waals surface area contributed by atoms with Crippen molar-refractivity contribution in [3.05, 3.63) is 20.8 Å². The Morgan fingerprint density at radius 1 is 1.50 bits per heavy atom. The fourth-order valence-corrected chi connectivity index (χ4v) is 3.58. The zero-order valence-corrected chi connectivity index (χ0v) is 13.5. The van der Waals surface area contributed by atoms with E-state index in [1.807, 2.05) is 0 Å². The molecule has 1 aromatic rings. The Bertz CT molecular complexity index is 537. The number of rotatable bonds is 5. The molecule has 0 aliphatic heterocycles. The number of carbonyl (C=O) groups excluding carboxylic acids is 1. The summed E-state index contributed by atoms with van der Waals surface area (Å²) < 4.78 is 25.6. The summed E-state index contributed by atoms with van der Waals surface area (Å²) >= 11 is 4.70. The highest BCUT2D eigenvalue weighted by atomic mass is 79.9. The van der Waals surface area contributed by atoms with Gasteiger partial charge in [-0.1, -0.05) is 0 Å². The van der Waals surface area contributed by atoms with Gasteiger partial charge in [-0.3, -0.25) is 4.79 Å². The minimum absolute atomic E-state index is 0.215. The predicted molar refractivity (Wildman–Crippen MR) is 76.4 cm³/mol. The smallest absolute Gasteiger partial charge is 0.252 e. The van der Waals surface area contributed by atoms with Gasteiger partial charge in [0.15, 0.2) is 0 Å². The van der Waals surface area contributed by atoms with Crippen LogP contribution in [0.25, 0.3) is 0 Å². The van der Waals surface area contributed by atoms with E-state index < -0.39 is 15.6 Å². The van der Waals surface area contributed by atoms with Crippen LogP contribution in [0.4, 0.5) is 0 Å². The molecule has 1 amide bonds. The first-order chi connectivity index (χ1) is 8.09. The molecule has 0 aromatic carbocycles. The molecule has 0 spiro atoms. The first-order valence-electron chi connectivity index (χ1n) is 5.10. The number of sulfonamides is 1. The lowest BCUT2D eigenvalue weighted by Crippen LogP contribution is -2.50. The van der Waals surface area contributed by atoms with Crippen molar-refractivity contribution in [2.75, 3.05) is 12.8 Å². The lowest BCUT2D eigenvalue weighted by Gasteiger charge is -2.25. The second kappa shape index (κ2) is 5.68. The van der Waals surface area contributed by atoms with Crippen LogP contribution in [0, 0.1) is 0 Å². The average molecular weight is 355 g/mol. The van der Waals surface area contributed by atoms with Crippen molar-refractivity contribution < 1.29 is 13.2 Å². The topological polar surface area (TPSA) is 75.3 Å². The van der Waals surface area contributed by atoms with Crippen LogP contribution in [0.1, 0.15) is 24.2 Å². The van der Waals surface area contributed by atoms with E-state index in [-0.39, 0.29) is 12.5 Å². The Morgan fingerprint density at radius 2 is 2.11 bits per heavy atom. The van der Waals surface area contributed by atoms with Gasteiger partial charge >= 0.3 is 0 Å². The Balaban J connectivity index is 2.57. The van der Waals surface area contributed by atoms with Crippen LogP contribution in [0.3, 0.4) is 0 Å². The molecule has 1 rings (SSSR count). The Labute approximate surface area is 119 Å². The quantitative estimate of drug-likeness (QED) is 0.842. The van der Waals surface area contributed by atoms with E-state index in [4.69, 9.17) is 0 Å². The van der Waals surface area contributed by atoms with Crippen molar-refractivity contribution in [3.8, 4) is 0 Å². The molecule has 0 fully saturated rings. The van der Waals surface area contributed by atoms with Gasteiger partial charge in [-0.15, -0.1) is 11.3 Å². The van der Waals surface area contributed by atoms with E-state index in [9.17, 15) is 13.2 Å². The molecule has 0 aliphatic rings. The van der Waals surface area contributed by atoms with Crippen LogP contribution in [0.15, 0.2) is 15.2 Å². The van der Waals surface area contributed by atoms with E-state index >= 15 is 0 Å². The van der Waals surface area contributed by atoms with Crippen LogP contribution in [-0.2, 0) is 10.0 Å². The summed E-state index contributed by atoms with van der Waals surface area (Å²) in [4.78, 5) is 11.8. The number of thiophene rings is 1. The molecule has 2 N–H and O–H groups in total. The number of halogens is 1. The average Bonchev–Trinajstić information content (AvgIpc) is 2.57. The molecule has 8 heteroatoms. The lowest BCUT2D eigenvalue weighted by atomic mass is 10.1. The van der Waals surface area contributed by atoms with Crippen molar-refractivity contribution in [1.82, 2.24) is 10.0 Å². The van der Waals surface area contributed by atoms with Crippen molar-refractivity contribution in [2.24, 2.45) is 0 Å². The fourth-order valence-electron chi connectivity index (χ4n) is 1.37. The summed E-state index contributed by atoms with van der Waals surface area (Å²) in [5, 5.41) is 4.43. The van der Waals surface area contributed by atoms with E-state index in [0.717, 1.165) is 10.0 Å². The summed E-state index contributed by atoms with van der Waals surface area (Å²) in [6.45, 7) is 3.63. The number of carbonyl (C=O) groups is 1. The van der Waals surface area contributed by atoms with Crippen molar-refractivity contribution >= 4 is 43.2 Å². The monoisotopic (exact) mass is 354 g/mol. The Kier molecular flexibility index (Phi) is 4.93. The van der Waals surface area contributed by atoms with Crippen molar-refractivity contribution in [2.45, 2.75) is 19.4 Å². The molecular weight excluding hydrogens is 340 g/mol. The van der Waals surface area contributed by atoms with E-state index in [1.165, 1.54) is 11.3 Å². The standard InChI is InChI=1S/C10H15BrN2O3S2/c1-10(2,13-18(3,15)16)6-12-9(14)7-4-8(11)17-5-7/h4-5,13H,6H2,1-3H3,(H,12,14). The van der Waals surface area contributed by atoms with Gasteiger partial charge in [-0.05, 0) is 35.8 Å². The minimum atomic E-state index is -3.30. The number of nitrogens with one attached hydrogen (secondary N) is 2. The maximum Gasteiger partial charge on any atom is 0.252 e. The molecule has 102 valence electrons. The molecule has 0 unspecified atom stereocenters. The largest absolute Gasteiger partial charge is 0.350 e. The maximum atomic E-state index is 11.8. The van der Waals surface area contributed by atoms with Gasteiger partial charge in [0.2, 0.25) is 10.0 Å². The van der Waals surface area contributed by atoms with Gasteiger partial charge in [0.05, 0.1) is 15.6 Å². The fraction of sp³-hybridized carbons (Fsp3) is 0.500. The number of hydrogen-bond acceptors (Lipinski definition) is 4. The summed E-state index contributed by atoms with van der Waals surface area (Å²) in [6.07, 6.45) is 1.09. The first kappa shape index (κ1) is 15.6. The highest BCUT2D eigenvalue weighted by molar-refractivity contribution is 9.11. The van der Waals surface area contributed by atoms with Crippen LogP contribution < -0.4 is 10.0 Å². The molecule has 0 saturated carbocycles. The molecule has 0 bridgehead atoms. The Hall–Kier alpha value is -0.440. The molecule has 0 aliphatic carbocycles. The third-order valence-corrected chi connectivity index (χ3v) is 4.41. The molecule has 0 saturated heterocycles. The van der Waals surface area contributed by atoms with Gasteiger partial charge in [0.1, 0.15) is 0 Å². The first-order valence-corrected chi connectivity index (χ1v) is 8.67. The van der Waals surface area contributed by atoms with Gasteiger partial charge < -0.3 is 5.32 Å². The van der Waals surface area contributed by atoms with Gasteiger partial charge in [-0.2, -0.15) is 0 Å². The van der Waals surface area contributed by atoms with E-state index in [2.05, 4.69) is 26.0 Å². The van der Waals surface area contributed by atoms with Crippen LogP contribution in [-0.4, -0.2) is 32.7 Å². The predicted octanol–water partition coefficient (Wildman–Crippen LogP) is 1.57. The zero-order valence-electron chi connectivity index (χ0n) is 10.3. The summed E-state index contributed by atoms with van der Waals surface area (Å²) in [6, 6.07) is 1.72. The summed E-state index contributed by atoms with van der Waals surface area (Å²) in [5.41, 5.74) is -0.168. The second-order valence-corrected chi connectivity index (χ2v) is 8.62. The number of amides is 1. The summed E-state index contributed by atoms with van der Waals surface area (Å²) in [7, 11) is -3.30. The van der Waals surface area contributed by atoms with Gasteiger partial charge in [0.25, 0.3) is 5.91 Å². The van der Waals surface area contributed by atoms with E-state index in [0.29, 0.717) is 5.56 Å². The Morgan fingerprint density at radius 3 is 2.56 bits per heavy atom. The van der Waals surface area contributed by atoms with Crippen LogP contribution >= 0.6 is 27.3 Å². The molecule has 0 atom stereocenters. The zero-order chi connectivity index (χ0) is 14.0. The second-order valence-electron chi connectivity index (χ2n) is 4.58. The highest BCUT2D eigenvalue weighted by Gasteiger charge is 2.23. The molecule has 5 nitrogen and oxygen atoms in total. The molecular formula is C10H15BrN2O3S2. The summed E-state index contributed by atoms with van der Waals surface area (Å²) in [5.74, 6) is -0.222. The number of hydrogen-bond donors (Lipinski definition) is 2. The third-order valence-electron chi connectivity index (χ3n) is 1.98. The van der Waals surface area contributed by atoms with Crippen LogP contribution in [0.2, 0.25) is 0 Å². The van der Waals surface area contributed by atoms with Gasteiger partial charge in [0, 0.05) is 17.5 Å². The van der Waals surface area contributed by atoms with E-state index in [1.54, 1.807) is 25.3 Å². The van der Waals surface area contributed by atoms with Crippen molar-refractivity contribution in [1.29, 1.82) is 0 Å². The SMILES string of the molecule is CC(C)(CNC(=O)c1csc(Br)c1)NS(C)(=O)=O. The third kappa shape index (κ3) is 5.47. The lowest BCUT2D eigenvalue weighted by molar-refractivity contribution is 0.0945. The maximum absolute atomic E-state index is 11.8. The van der Waals surface area contributed by atoms with Gasteiger partial charge in [-0.25, -0.2) is 13.1 Å². The molecule has 1 heterocycles.